The molecule has 5 N–H and O–H groups in total. The van der Waals surface area contributed by atoms with Crippen LogP contribution >= 0.6 is 11.6 Å². The number of amides is 1. The summed E-state index contributed by atoms with van der Waals surface area (Å²) in [6.45, 7) is 2.65. The third-order valence-electron chi connectivity index (χ3n) is 3.34. The van der Waals surface area contributed by atoms with Gasteiger partial charge in [0.1, 0.15) is 6.04 Å². The summed E-state index contributed by atoms with van der Waals surface area (Å²) in [4.78, 5) is 19.9. The molecule has 8 heteroatoms. The van der Waals surface area contributed by atoms with Crippen molar-refractivity contribution in [2.45, 2.75) is 25.8 Å². The molecule has 1 amide bonds. The molecule has 0 spiro atoms. The molecular formula is C13H24ClN6O+. The zero-order valence-corrected chi connectivity index (χ0v) is 13.7. The lowest BCUT2D eigenvalue weighted by molar-refractivity contribution is -0.895. The van der Waals surface area contributed by atoms with E-state index in [0.29, 0.717) is 12.6 Å². The molecular weight excluding hydrogens is 292 g/mol. The molecule has 21 heavy (non-hydrogen) atoms. The number of anilines is 2. The van der Waals surface area contributed by atoms with Crippen LogP contribution in [0.15, 0.2) is 0 Å². The molecule has 0 radical (unpaired) electrons. The number of nitrogens with one attached hydrogen (secondary N) is 1. The first-order valence-corrected chi connectivity index (χ1v) is 7.22. The Balaban J connectivity index is 2.80. The minimum Gasteiger partial charge on any atom is -0.382 e. The maximum atomic E-state index is 12.2. The number of quaternary nitrogens is 1. The molecule has 118 valence electrons. The number of likely N-dealkylation sites (N-methyl/N-ethyl adjacent to an activating group) is 1. The van der Waals surface area contributed by atoms with Gasteiger partial charge in [-0.1, -0.05) is 24.9 Å². The first-order chi connectivity index (χ1) is 9.66. The van der Waals surface area contributed by atoms with Crippen LogP contribution in [0.3, 0.4) is 0 Å². The second-order valence-corrected chi connectivity index (χ2v) is 6.26. The van der Waals surface area contributed by atoms with Crippen molar-refractivity contribution in [3.8, 4) is 0 Å². The Morgan fingerprint density at radius 3 is 2.43 bits per heavy atom. The zero-order chi connectivity index (χ0) is 16.2. The number of carbonyl (C=O) groups excluding carboxylic acids is 1. The van der Waals surface area contributed by atoms with E-state index in [9.17, 15) is 4.79 Å². The summed E-state index contributed by atoms with van der Waals surface area (Å²) in [6, 6.07) is 0.303. The lowest BCUT2D eigenvalue weighted by atomic mass is 10.1. The predicted molar refractivity (Wildman–Crippen MR) is 84.9 cm³/mol. The van der Waals surface area contributed by atoms with Gasteiger partial charge in [-0.15, -0.1) is 0 Å². The van der Waals surface area contributed by atoms with Crippen molar-refractivity contribution in [3.63, 3.8) is 0 Å². The highest BCUT2D eigenvalue weighted by Crippen LogP contribution is 2.17. The number of nitrogens with two attached hydrogens (primary N) is 2. The van der Waals surface area contributed by atoms with Crippen LogP contribution in [0.5, 0.6) is 0 Å². The molecule has 0 bridgehead atoms. The van der Waals surface area contributed by atoms with Crippen molar-refractivity contribution in [1.29, 1.82) is 0 Å². The Hall–Kier alpha value is -1.60. The normalized spacial score (nSPS) is 13.0. The van der Waals surface area contributed by atoms with Gasteiger partial charge in [0.05, 0.1) is 27.7 Å². The maximum Gasteiger partial charge on any atom is 0.274 e. The summed E-state index contributed by atoms with van der Waals surface area (Å²) in [5, 5.41) is 2.82. The summed E-state index contributed by atoms with van der Waals surface area (Å²) < 4.78 is 0.762. The average molecular weight is 316 g/mol. The van der Waals surface area contributed by atoms with Crippen LogP contribution in [0.2, 0.25) is 5.15 Å². The van der Waals surface area contributed by atoms with E-state index in [4.69, 9.17) is 23.1 Å². The number of halogens is 1. The Morgan fingerprint density at radius 1 is 1.29 bits per heavy atom. The Kier molecular flexibility index (Phi) is 5.74. The average Bonchev–Trinajstić information content (AvgIpc) is 2.37. The van der Waals surface area contributed by atoms with Gasteiger partial charge in [0.25, 0.3) is 5.91 Å². The van der Waals surface area contributed by atoms with E-state index in [2.05, 4.69) is 43.4 Å². The number of nitrogen functional groups attached to an aromatic ring is 2. The second kappa shape index (κ2) is 6.91. The molecule has 0 unspecified atom stereocenters. The maximum absolute atomic E-state index is 12.2. The molecule has 0 saturated carbocycles. The van der Waals surface area contributed by atoms with E-state index in [-0.39, 0.29) is 22.5 Å². The Morgan fingerprint density at radius 2 is 1.90 bits per heavy atom. The number of hydrogen-bond donors (Lipinski definition) is 3. The Labute approximate surface area is 130 Å². The molecule has 1 rings (SSSR count). The van der Waals surface area contributed by atoms with Gasteiger partial charge < -0.3 is 21.3 Å². The number of nitrogens with zero attached hydrogens (tertiary/aromatic N) is 3. The van der Waals surface area contributed by atoms with Crippen molar-refractivity contribution in [1.82, 2.24) is 15.3 Å². The van der Waals surface area contributed by atoms with Gasteiger partial charge in [-0.3, -0.25) is 4.79 Å². The van der Waals surface area contributed by atoms with Crippen molar-refractivity contribution < 1.29 is 9.28 Å². The number of rotatable bonds is 6. The van der Waals surface area contributed by atoms with Gasteiger partial charge >= 0.3 is 0 Å². The van der Waals surface area contributed by atoms with Crippen molar-refractivity contribution in [2.75, 3.05) is 39.2 Å². The van der Waals surface area contributed by atoms with Crippen LogP contribution in [0.1, 0.15) is 30.3 Å². The van der Waals surface area contributed by atoms with E-state index >= 15 is 0 Å². The predicted octanol–water partition coefficient (Wildman–Crippen LogP) is 0.899. The molecule has 1 aromatic rings. The highest BCUT2D eigenvalue weighted by molar-refractivity contribution is 6.31. The van der Waals surface area contributed by atoms with Gasteiger partial charge in [0.2, 0.25) is 0 Å². The van der Waals surface area contributed by atoms with Crippen LogP contribution in [-0.2, 0) is 0 Å². The SMILES string of the molecule is CCC[C@H](CNC(=O)c1nc(Cl)c(N)nc1N)[N+](C)(C)C. The third kappa shape index (κ3) is 4.71. The standard InChI is InChI=1S/C13H23ClN6O/c1-5-6-8(20(2,3)4)7-17-13(21)9-11(15)19-12(16)10(14)18-9/h8H,5-7H2,1-4H3,(H4-,15,16,17,19,21)/p+1/t8-/m1/s1. The fourth-order valence-electron chi connectivity index (χ4n) is 2.00. The smallest absolute Gasteiger partial charge is 0.274 e. The topological polar surface area (TPSA) is 107 Å². The summed E-state index contributed by atoms with van der Waals surface area (Å²) in [7, 11) is 6.29. The number of aromatic nitrogens is 2. The highest BCUT2D eigenvalue weighted by atomic mass is 35.5. The van der Waals surface area contributed by atoms with Crippen LogP contribution in [-0.4, -0.2) is 54.1 Å². The molecule has 1 atom stereocenters. The quantitative estimate of drug-likeness (QED) is 0.676. The summed E-state index contributed by atoms with van der Waals surface area (Å²) in [5.74, 6) is -0.399. The minimum absolute atomic E-state index is 0.00542. The lowest BCUT2D eigenvalue weighted by Gasteiger charge is -2.34. The first-order valence-electron chi connectivity index (χ1n) is 6.84. The summed E-state index contributed by atoms with van der Waals surface area (Å²) in [5.41, 5.74) is 11.2. The summed E-state index contributed by atoms with van der Waals surface area (Å²) >= 11 is 5.78. The van der Waals surface area contributed by atoms with Gasteiger partial charge in [-0.25, -0.2) is 9.97 Å². The fraction of sp³-hybridized carbons (Fsp3) is 0.615. The minimum atomic E-state index is -0.392. The van der Waals surface area contributed by atoms with Crippen molar-refractivity contribution >= 4 is 29.1 Å². The van der Waals surface area contributed by atoms with Gasteiger partial charge in [-0.05, 0) is 0 Å². The highest BCUT2D eigenvalue weighted by Gasteiger charge is 2.24. The van der Waals surface area contributed by atoms with Crippen molar-refractivity contribution in [3.05, 3.63) is 10.8 Å². The molecule has 0 aromatic carbocycles. The molecule has 1 heterocycles. The second-order valence-electron chi connectivity index (χ2n) is 5.90. The molecule has 0 fully saturated rings. The Bertz CT molecular complexity index is 514. The van der Waals surface area contributed by atoms with E-state index in [1.54, 1.807) is 0 Å². The molecule has 1 aromatic heterocycles. The number of carbonyl (C=O) groups is 1. The van der Waals surface area contributed by atoms with E-state index in [1.807, 2.05) is 0 Å². The molecule has 0 saturated heterocycles. The summed E-state index contributed by atoms with van der Waals surface area (Å²) in [6.07, 6.45) is 2.05. The number of hydrogen-bond acceptors (Lipinski definition) is 5. The van der Waals surface area contributed by atoms with Crippen LogP contribution < -0.4 is 16.8 Å². The van der Waals surface area contributed by atoms with E-state index < -0.39 is 5.91 Å². The van der Waals surface area contributed by atoms with Crippen LogP contribution in [0, 0.1) is 0 Å². The van der Waals surface area contributed by atoms with E-state index in [1.165, 1.54) is 0 Å². The first kappa shape index (κ1) is 17.5. The molecule has 0 aliphatic rings. The van der Waals surface area contributed by atoms with E-state index in [0.717, 1.165) is 17.3 Å². The van der Waals surface area contributed by atoms with Crippen LogP contribution in [0.4, 0.5) is 11.6 Å². The third-order valence-corrected chi connectivity index (χ3v) is 3.61. The molecule has 7 nitrogen and oxygen atoms in total. The zero-order valence-electron chi connectivity index (χ0n) is 13.0. The monoisotopic (exact) mass is 315 g/mol. The van der Waals surface area contributed by atoms with Gasteiger partial charge in [0, 0.05) is 6.42 Å². The largest absolute Gasteiger partial charge is 0.382 e. The fourth-order valence-corrected chi connectivity index (χ4v) is 2.13. The van der Waals surface area contributed by atoms with Gasteiger partial charge in [0.15, 0.2) is 22.5 Å². The molecule has 0 aliphatic heterocycles. The van der Waals surface area contributed by atoms with Gasteiger partial charge in [-0.2, -0.15) is 0 Å². The van der Waals surface area contributed by atoms with Crippen LogP contribution in [0.25, 0.3) is 0 Å². The lowest BCUT2D eigenvalue weighted by Crippen LogP contribution is -2.51. The van der Waals surface area contributed by atoms with Crippen molar-refractivity contribution in [2.24, 2.45) is 0 Å². The molecule has 0 aliphatic carbocycles.